The van der Waals surface area contributed by atoms with E-state index in [9.17, 15) is 18.8 Å². The molecule has 4 heterocycles. The summed E-state index contributed by atoms with van der Waals surface area (Å²) in [7, 11) is 0. The summed E-state index contributed by atoms with van der Waals surface area (Å²) in [5.74, 6) is -0.704. The molecule has 1 aromatic carbocycles. The summed E-state index contributed by atoms with van der Waals surface area (Å²) in [5.41, 5.74) is 0.943. The second-order valence-electron chi connectivity index (χ2n) is 9.26. The molecule has 3 aromatic rings. The number of likely N-dealkylation sites (tertiary alicyclic amines) is 1. The number of benzene rings is 1. The van der Waals surface area contributed by atoms with Gasteiger partial charge in [-0.25, -0.2) is 9.18 Å². The van der Waals surface area contributed by atoms with E-state index in [0.717, 1.165) is 0 Å². The monoisotopic (exact) mass is 491 g/mol. The number of pyridine rings is 1. The van der Waals surface area contributed by atoms with Crippen molar-refractivity contribution in [3.05, 3.63) is 82.8 Å². The second kappa shape index (κ2) is 9.18. The van der Waals surface area contributed by atoms with E-state index in [1.165, 1.54) is 17.0 Å². The van der Waals surface area contributed by atoms with Gasteiger partial charge in [0, 0.05) is 31.0 Å². The number of hydrogen-bond donors (Lipinski definition) is 1. The molecule has 2 aromatic heterocycles. The molecule has 1 unspecified atom stereocenters. The predicted octanol–water partition coefficient (Wildman–Crippen LogP) is 3.33. The number of nitrogens with one attached hydrogen (secondary N) is 1. The number of piperidine rings is 1. The number of aryl methyl sites for hydroxylation is 2. The van der Waals surface area contributed by atoms with Gasteiger partial charge in [0.05, 0.1) is 12.2 Å². The van der Waals surface area contributed by atoms with Gasteiger partial charge in [-0.3, -0.25) is 19.5 Å². The Morgan fingerprint density at radius 3 is 2.50 bits per heavy atom. The molecule has 5 rings (SSSR count). The van der Waals surface area contributed by atoms with Crippen LogP contribution in [0.3, 0.4) is 0 Å². The Morgan fingerprint density at radius 2 is 1.89 bits per heavy atom. The minimum atomic E-state index is -1.30. The number of carbonyl (C=O) groups excluding carboxylic acids is 3. The highest BCUT2D eigenvalue weighted by molar-refractivity contribution is 6.07. The molecule has 186 valence electrons. The molecule has 9 nitrogen and oxygen atoms in total. The van der Waals surface area contributed by atoms with Crippen molar-refractivity contribution in [2.24, 2.45) is 5.92 Å². The number of carbonyl (C=O) groups is 3. The summed E-state index contributed by atoms with van der Waals surface area (Å²) in [4.78, 5) is 47.3. The van der Waals surface area contributed by atoms with Crippen LogP contribution >= 0.6 is 0 Å². The van der Waals surface area contributed by atoms with E-state index in [0.29, 0.717) is 54.1 Å². The van der Waals surface area contributed by atoms with Crippen LogP contribution in [-0.4, -0.2) is 50.9 Å². The van der Waals surface area contributed by atoms with Gasteiger partial charge < -0.3 is 14.7 Å². The molecule has 2 aliphatic rings. The highest BCUT2D eigenvalue weighted by atomic mass is 19.1. The van der Waals surface area contributed by atoms with Crippen LogP contribution in [0.1, 0.15) is 45.8 Å². The molecule has 2 fully saturated rings. The standard InChI is InChI=1S/C26H26FN5O4/c1-16-22(17(2)36-30-16)23(33)31-12-9-19(10-13-31)26(20-4-3-11-28-14-20)24(34)32(25(35)29-26)15-18-5-7-21(27)8-6-18/h3-8,11,14,19H,9-10,12-13,15H2,1-2H3,(H,29,35). The third kappa shape index (κ3) is 3.92. The minimum Gasteiger partial charge on any atom is -0.361 e. The Hall–Kier alpha value is -4.08. The molecule has 0 bridgehead atoms. The number of rotatable bonds is 5. The lowest BCUT2D eigenvalue weighted by molar-refractivity contribution is -0.134. The summed E-state index contributed by atoms with van der Waals surface area (Å²) < 4.78 is 18.5. The average molecular weight is 492 g/mol. The molecular weight excluding hydrogens is 465 g/mol. The van der Waals surface area contributed by atoms with Crippen molar-refractivity contribution in [1.29, 1.82) is 0 Å². The van der Waals surface area contributed by atoms with Crippen molar-refractivity contribution < 1.29 is 23.3 Å². The van der Waals surface area contributed by atoms with Crippen molar-refractivity contribution in [2.75, 3.05) is 13.1 Å². The lowest BCUT2D eigenvalue weighted by Gasteiger charge is -2.41. The van der Waals surface area contributed by atoms with Crippen molar-refractivity contribution in [2.45, 2.75) is 38.8 Å². The summed E-state index contributed by atoms with van der Waals surface area (Å²) in [6.07, 6.45) is 4.21. The van der Waals surface area contributed by atoms with Crippen LogP contribution in [0, 0.1) is 25.6 Å². The van der Waals surface area contributed by atoms with Crippen LogP contribution in [0.2, 0.25) is 0 Å². The van der Waals surface area contributed by atoms with E-state index in [2.05, 4.69) is 15.5 Å². The SMILES string of the molecule is Cc1noc(C)c1C(=O)N1CCC(C2(c3cccnc3)NC(=O)N(Cc3ccc(F)cc3)C2=O)CC1. The third-order valence-corrected chi connectivity index (χ3v) is 7.14. The average Bonchev–Trinajstić information content (AvgIpc) is 3.36. The maximum absolute atomic E-state index is 13.9. The zero-order chi connectivity index (χ0) is 25.4. The molecule has 36 heavy (non-hydrogen) atoms. The van der Waals surface area contributed by atoms with Crippen LogP contribution in [0.25, 0.3) is 0 Å². The van der Waals surface area contributed by atoms with Crippen LogP contribution in [0.5, 0.6) is 0 Å². The molecular formula is C26H26FN5O4. The van der Waals surface area contributed by atoms with Gasteiger partial charge >= 0.3 is 6.03 Å². The molecule has 0 radical (unpaired) electrons. The summed E-state index contributed by atoms with van der Waals surface area (Å²) in [5, 5.41) is 6.85. The second-order valence-corrected chi connectivity index (χ2v) is 9.26. The third-order valence-electron chi connectivity index (χ3n) is 7.14. The lowest BCUT2D eigenvalue weighted by atomic mass is 9.73. The van der Waals surface area contributed by atoms with E-state index < -0.39 is 17.4 Å². The van der Waals surface area contributed by atoms with Gasteiger partial charge in [0.1, 0.15) is 17.1 Å². The Balaban J connectivity index is 1.41. The fourth-order valence-electron chi connectivity index (χ4n) is 5.28. The number of aromatic nitrogens is 2. The quantitative estimate of drug-likeness (QED) is 0.549. The molecule has 1 N–H and O–H groups in total. The number of hydrogen-bond acceptors (Lipinski definition) is 6. The molecule has 2 aliphatic heterocycles. The van der Waals surface area contributed by atoms with E-state index in [4.69, 9.17) is 4.52 Å². The number of imide groups is 1. The summed E-state index contributed by atoms with van der Waals surface area (Å²) in [6.45, 7) is 4.29. The predicted molar refractivity (Wildman–Crippen MR) is 126 cm³/mol. The van der Waals surface area contributed by atoms with Crippen LogP contribution in [0.15, 0.2) is 53.3 Å². The maximum atomic E-state index is 13.9. The van der Waals surface area contributed by atoms with Gasteiger partial charge in [0.2, 0.25) is 0 Å². The first kappa shape index (κ1) is 23.7. The summed E-state index contributed by atoms with van der Waals surface area (Å²) in [6, 6.07) is 8.71. The van der Waals surface area contributed by atoms with Crippen LogP contribution in [-0.2, 0) is 16.9 Å². The van der Waals surface area contributed by atoms with E-state index in [-0.39, 0.29) is 24.3 Å². The molecule has 0 spiro atoms. The number of urea groups is 1. The zero-order valence-electron chi connectivity index (χ0n) is 20.0. The van der Waals surface area contributed by atoms with E-state index in [1.54, 1.807) is 55.4 Å². The Bertz CT molecular complexity index is 1280. The Labute approximate surface area is 207 Å². The first-order valence-electron chi connectivity index (χ1n) is 11.8. The van der Waals surface area contributed by atoms with Crippen LogP contribution in [0.4, 0.5) is 9.18 Å². The first-order chi connectivity index (χ1) is 17.3. The molecule has 0 aliphatic carbocycles. The van der Waals surface area contributed by atoms with Gasteiger partial charge in [-0.2, -0.15) is 0 Å². The van der Waals surface area contributed by atoms with Gasteiger partial charge in [-0.05, 0) is 56.4 Å². The normalized spacial score (nSPS) is 20.6. The number of halogens is 1. The van der Waals surface area contributed by atoms with Crippen molar-refractivity contribution >= 4 is 17.8 Å². The molecule has 1 atom stereocenters. The van der Waals surface area contributed by atoms with Crippen molar-refractivity contribution in [3.63, 3.8) is 0 Å². The first-order valence-corrected chi connectivity index (χ1v) is 11.8. The Kier molecular flexibility index (Phi) is 6.03. The summed E-state index contributed by atoms with van der Waals surface area (Å²) >= 11 is 0. The largest absolute Gasteiger partial charge is 0.361 e. The van der Waals surface area contributed by atoms with Gasteiger partial charge in [-0.1, -0.05) is 23.4 Å². The number of amides is 4. The Morgan fingerprint density at radius 1 is 1.17 bits per heavy atom. The smallest absolute Gasteiger partial charge is 0.325 e. The lowest BCUT2D eigenvalue weighted by Crippen LogP contribution is -2.54. The minimum absolute atomic E-state index is 0.0241. The highest BCUT2D eigenvalue weighted by Gasteiger charge is 2.57. The molecule has 10 heteroatoms. The van der Waals surface area contributed by atoms with E-state index >= 15 is 0 Å². The molecule has 4 amide bonds. The topological polar surface area (TPSA) is 109 Å². The van der Waals surface area contributed by atoms with Crippen molar-refractivity contribution in [3.8, 4) is 0 Å². The van der Waals surface area contributed by atoms with Gasteiger partial charge in [0.25, 0.3) is 11.8 Å². The van der Waals surface area contributed by atoms with Crippen molar-refractivity contribution in [1.82, 2.24) is 25.3 Å². The number of nitrogens with zero attached hydrogens (tertiary/aromatic N) is 4. The molecule has 2 saturated heterocycles. The fraction of sp³-hybridized carbons (Fsp3) is 0.346. The zero-order valence-corrected chi connectivity index (χ0v) is 20.0. The maximum Gasteiger partial charge on any atom is 0.325 e. The van der Waals surface area contributed by atoms with E-state index in [1.807, 2.05) is 0 Å². The van der Waals surface area contributed by atoms with Crippen LogP contribution < -0.4 is 5.32 Å². The highest BCUT2D eigenvalue weighted by Crippen LogP contribution is 2.42. The molecule has 0 saturated carbocycles. The fourth-order valence-corrected chi connectivity index (χ4v) is 5.28. The van der Waals surface area contributed by atoms with Gasteiger partial charge in [-0.15, -0.1) is 0 Å². The van der Waals surface area contributed by atoms with Gasteiger partial charge in [0.15, 0.2) is 5.54 Å².